The number of nitrogens with one attached hydrogen (secondary N) is 2. The maximum atomic E-state index is 11.5. The van der Waals surface area contributed by atoms with Crippen LogP contribution in [0, 0.1) is 10.8 Å². The molecular weight excluding hydrogens is 356 g/mol. The van der Waals surface area contributed by atoms with E-state index >= 15 is 0 Å². The molecule has 0 aliphatic carbocycles. The van der Waals surface area contributed by atoms with Gasteiger partial charge in [0.25, 0.3) is 0 Å². The lowest BCUT2D eigenvalue weighted by Gasteiger charge is -2.41. The van der Waals surface area contributed by atoms with E-state index in [1.54, 1.807) is 13.8 Å². The van der Waals surface area contributed by atoms with Gasteiger partial charge in [-0.15, -0.1) is 6.58 Å². The normalized spacial score (nSPS) is 16.8. The van der Waals surface area contributed by atoms with Crippen molar-refractivity contribution in [3.8, 4) is 0 Å². The molecule has 27 heavy (non-hydrogen) atoms. The fourth-order valence-corrected chi connectivity index (χ4v) is 5.36. The number of hydrogen-bond donors (Lipinski definition) is 2. The van der Waals surface area contributed by atoms with Gasteiger partial charge in [-0.3, -0.25) is 9.59 Å². The van der Waals surface area contributed by atoms with Crippen molar-refractivity contribution in [2.75, 3.05) is 12.3 Å². The summed E-state index contributed by atoms with van der Waals surface area (Å²) < 4.78 is 0.115. The molecule has 158 valence electrons. The first-order valence-electron chi connectivity index (χ1n) is 9.88. The number of thioether (sulfide) groups is 1. The van der Waals surface area contributed by atoms with Gasteiger partial charge in [-0.1, -0.05) is 40.7 Å². The Kier molecular flexibility index (Phi) is 9.63. The minimum absolute atomic E-state index is 0.00261. The Bertz CT molecular complexity index is 530. The second-order valence-corrected chi connectivity index (χ2v) is 11.5. The summed E-state index contributed by atoms with van der Waals surface area (Å²) in [5.41, 5.74) is -0.319. The zero-order valence-corrected chi connectivity index (χ0v) is 19.9. The molecule has 0 aromatic heterocycles. The van der Waals surface area contributed by atoms with Crippen LogP contribution in [-0.4, -0.2) is 34.4 Å². The average Bonchev–Trinajstić information content (AvgIpc) is 2.49. The highest BCUT2D eigenvalue weighted by Gasteiger charge is 2.36. The van der Waals surface area contributed by atoms with Crippen molar-refractivity contribution in [3.63, 3.8) is 0 Å². The number of rotatable bonds is 12. The molecule has 2 atom stereocenters. The fourth-order valence-electron chi connectivity index (χ4n) is 3.77. The van der Waals surface area contributed by atoms with E-state index in [4.69, 9.17) is 0 Å². The zero-order valence-electron chi connectivity index (χ0n) is 19.0. The van der Waals surface area contributed by atoms with Crippen LogP contribution in [0.15, 0.2) is 12.7 Å². The second kappa shape index (κ2) is 9.99. The quantitative estimate of drug-likeness (QED) is 0.458. The SMILES string of the molecule is C=CC(C)(CSC(C)(CC)CC(C)(C)CNC(C)=O)CC(C)(C)NC(C)=O. The molecule has 2 N–H and O–H groups in total. The van der Waals surface area contributed by atoms with E-state index in [9.17, 15) is 9.59 Å². The fraction of sp³-hybridized carbons (Fsp3) is 0.818. The van der Waals surface area contributed by atoms with Gasteiger partial charge < -0.3 is 10.6 Å². The van der Waals surface area contributed by atoms with E-state index < -0.39 is 0 Å². The standard InChI is InChI=1S/C22H42N2O2S/c1-11-21(9,14-20(7,8)24-18(4)26)16-27-22(10,12-2)13-19(5,6)15-23-17(3)25/h11H,1,12-16H2,2-10H3,(H,23,25)(H,24,26). The molecule has 0 aliphatic rings. The van der Waals surface area contributed by atoms with Crippen LogP contribution in [0.1, 0.15) is 81.6 Å². The predicted molar refractivity (Wildman–Crippen MR) is 119 cm³/mol. The number of carbonyl (C=O) groups is 2. The van der Waals surface area contributed by atoms with Crippen molar-refractivity contribution >= 4 is 23.6 Å². The molecule has 2 unspecified atom stereocenters. The van der Waals surface area contributed by atoms with Crippen molar-refractivity contribution in [2.24, 2.45) is 10.8 Å². The van der Waals surface area contributed by atoms with Crippen molar-refractivity contribution in [1.82, 2.24) is 10.6 Å². The Labute approximate surface area is 171 Å². The summed E-state index contributed by atoms with van der Waals surface area (Å²) in [4.78, 5) is 22.8. The molecule has 0 spiro atoms. The lowest BCUT2D eigenvalue weighted by molar-refractivity contribution is -0.121. The highest BCUT2D eigenvalue weighted by atomic mass is 32.2. The van der Waals surface area contributed by atoms with Crippen LogP contribution >= 0.6 is 11.8 Å². The molecular formula is C22H42N2O2S. The molecule has 5 heteroatoms. The zero-order chi connectivity index (χ0) is 21.5. The van der Waals surface area contributed by atoms with Gasteiger partial charge in [-0.2, -0.15) is 11.8 Å². The summed E-state index contributed by atoms with van der Waals surface area (Å²) in [5.74, 6) is 0.964. The number of carbonyl (C=O) groups excluding carboxylic acids is 2. The maximum absolute atomic E-state index is 11.5. The van der Waals surface area contributed by atoms with Gasteiger partial charge in [0, 0.05) is 36.4 Å². The summed E-state index contributed by atoms with van der Waals surface area (Å²) in [6.45, 7) is 23.2. The van der Waals surface area contributed by atoms with Crippen LogP contribution in [0.4, 0.5) is 0 Å². The third kappa shape index (κ3) is 10.8. The van der Waals surface area contributed by atoms with Gasteiger partial charge in [0.2, 0.25) is 11.8 Å². The van der Waals surface area contributed by atoms with Crippen LogP contribution in [0.2, 0.25) is 0 Å². The maximum Gasteiger partial charge on any atom is 0.217 e. The summed E-state index contributed by atoms with van der Waals surface area (Å²) in [6.07, 6.45) is 4.94. The Balaban J connectivity index is 5.08. The van der Waals surface area contributed by atoms with Crippen LogP contribution in [0.25, 0.3) is 0 Å². The number of hydrogen-bond acceptors (Lipinski definition) is 3. The molecule has 0 saturated heterocycles. The van der Waals surface area contributed by atoms with Crippen molar-refractivity contribution in [2.45, 2.75) is 91.9 Å². The molecule has 2 amide bonds. The summed E-state index contributed by atoms with van der Waals surface area (Å²) in [6, 6.07) is 0. The largest absolute Gasteiger partial charge is 0.356 e. The van der Waals surface area contributed by atoms with Gasteiger partial charge in [0.05, 0.1) is 0 Å². The monoisotopic (exact) mass is 398 g/mol. The van der Waals surface area contributed by atoms with Crippen LogP contribution in [-0.2, 0) is 9.59 Å². The molecule has 0 radical (unpaired) electrons. The summed E-state index contributed by atoms with van der Waals surface area (Å²) >= 11 is 1.98. The van der Waals surface area contributed by atoms with Gasteiger partial charge >= 0.3 is 0 Å². The van der Waals surface area contributed by atoms with E-state index in [2.05, 4.69) is 65.7 Å². The van der Waals surface area contributed by atoms with Gasteiger partial charge in [-0.25, -0.2) is 0 Å². The molecule has 0 fully saturated rings. The third-order valence-corrected chi connectivity index (χ3v) is 6.95. The molecule has 0 rings (SSSR count). The third-order valence-electron chi connectivity index (χ3n) is 5.02. The van der Waals surface area contributed by atoms with Crippen molar-refractivity contribution in [3.05, 3.63) is 12.7 Å². The van der Waals surface area contributed by atoms with Crippen molar-refractivity contribution < 1.29 is 9.59 Å². The predicted octanol–water partition coefficient (Wildman–Crippen LogP) is 4.94. The minimum Gasteiger partial charge on any atom is -0.356 e. The molecule has 0 aromatic rings. The first-order valence-corrected chi connectivity index (χ1v) is 10.9. The molecule has 0 heterocycles. The summed E-state index contributed by atoms with van der Waals surface area (Å²) in [5, 5.41) is 6.01. The van der Waals surface area contributed by atoms with Crippen LogP contribution < -0.4 is 10.6 Å². The molecule has 0 saturated carbocycles. The first-order chi connectivity index (χ1) is 12.1. The Hall–Kier alpha value is -0.970. The van der Waals surface area contributed by atoms with E-state index in [-0.39, 0.29) is 32.9 Å². The van der Waals surface area contributed by atoms with Crippen LogP contribution in [0.5, 0.6) is 0 Å². The molecule has 0 aromatic carbocycles. The second-order valence-electron chi connectivity index (χ2n) is 9.94. The van der Waals surface area contributed by atoms with E-state index in [1.807, 2.05) is 17.8 Å². The Morgan fingerprint density at radius 2 is 1.56 bits per heavy atom. The van der Waals surface area contributed by atoms with E-state index in [1.165, 1.54) is 0 Å². The smallest absolute Gasteiger partial charge is 0.217 e. The minimum atomic E-state index is -0.275. The molecule has 0 aliphatic heterocycles. The number of amides is 2. The highest BCUT2D eigenvalue weighted by Crippen LogP contribution is 2.44. The van der Waals surface area contributed by atoms with Crippen molar-refractivity contribution in [1.29, 1.82) is 0 Å². The highest BCUT2D eigenvalue weighted by molar-refractivity contribution is 8.00. The van der Waals surface area contributed by atoms with Gasteiger partial charge in [0.15, 0.2) is 0 Å². The summed E-state index contributed by atoms with van der Waals surface area (Å²) in [7, 11) is 0. The Morgan fingerprint density at radius 3 is 1.96 bits per heavy atom. The lowest BCUT2D eigenvalue weighted by atomic mass is 9.80. The van der Waals surface area contributed by atoms with E-state index in [0.717, 1.165) is 25.0 Å². The van der Waals surface area contributed by atoms with Gasteiger partial charge in [0.1, 0.15) is 0 Å². The van der Waals surface area contributed by atoms with E-state index in [0.29, 0.717) is 6.54 Å². The molecule has 0 bridgehead atoms. The molecule has 4 nitrogen and oxygen atoms in total. The van der Waals surface area contributed by atoms with Crippen LogP contribution in [0.3, 0.4) is 0 Å². The Morgan fingerprint density at radius 1 is 1.00 bits per heavy atom. The first kappa shape index (κ1) is 26.0. The average molecular weight is 399 g/mol. The topological polar surface area (TPSA) is 58.2 Å². The lowest BCUT2D eigenvalue weighted by Crippen LogP contribution is -2.46. The van der Waals surface area contributed by atoms with Gasteiger partial charge in [-0.05, 0) is 43.9 Å². The number of allylic oxidation sites excluding steroid dienone is 1.